The van der Waals surface area contributed by atoms with Gasteiger partial charge in [-0.05, 0) is 36.6 Å². The predicted molar refractivity (Wildman–Crippen MR) is 119 cm³/mol. The molecule has 3 rings (SSSR count). The predicted octanol–water partition coefficient (Wildman–Crippen LogP) is 3.45. The minimum absolute atomic E-state index is 0.0498. The number of nitrogens with one attached hydrogen (secondary N) is 2. The molecule has 0 fully saturated rings. The molecule has 2 aromatic carbocycles. The number of thioether (sulfide) groups is 1. The molecule has 3 aromatic rings. The lowest BCUT2D eigenvalue weighted by Crippen LogP contribution is -2.40. The van der Waals surface area contributed by atoms with E-state index in [1.165, 1.54) is 0 Å². The van der Waals surface area contributed by atoms with E-state index in [4.69, 9.17) is 0 Å². The largest absolute Gasteiger partial charge is 0.338 e. The van der Waals surface area contributed by atoms with Crippen LogP contribution in [0, 0.1) is 0 Å². The summed E-state index contributed by atoms with van der Waals surface area (Å²) in [6, 6.07) is 14.3. The van der Waals surface area contributed by atoms with Gasteiger partial charge in [0.15, 0.2) is 5.16 Å². The Labute approximate surface area is 178 Å². The van der Waals surface area contributed by atoms with Gasteiger partial charge in [-0.2, -0.15) is 0 Å². The monoisotopic (exact) mass is 424 g/mol. The Kier molecular flexibility index (Phi) is 6.89. The molecule has 1 heterocycles. The van der Waals surface area contributed by atoms with Crippen LogP contribution in [-0.4, -0.2) is 33.8 Å². The van der Waals surface area contributed by atoms with E-state index in [9.17, 15) is 14.4 Å². The highest BCUT2D eigenvalue weighted by Crippen LogP contribution is 2.27. The Balaban J connectivity index is 2.06. The Morgan fingerprint density at radius 1 is 1.10 bits per heavy atom. The van der Waals surface area contributed by atoms with Crippen LogP contribution in [0.3, 0.4) is 0 Å². The van der Waals surface area contributed by atoms with Crippen molar-refractivity contribution in [2.24, 2.45) is 0 Å². The van der Waals surface area contributed by atoms with Crippen LogP contribution in [0.15, 0.2) is 58.5 Å². The highest BCUT2D eigenvalue weighted by atomic mass is 32.2. The van der Waals surface area contributed by atoms with Crippen LogP contribution in [0.2, 0.25) is 0 Å². The molecule has 0 saturated carbocycles. The number of carbonyl (C=O) groups excluding carboxylic acids is 2. The van der Waals surface area contributed by atoms with E-state index >= 15 is 0 Å². The molecule has 2 N–H and O–H groups in total. The molecule has 0 atom stereocenters. The second-order valence-corrected chi connectivity index (χ2v) is 7.90. The van der Waals surface area contributed by atoms with Crippen LogP contribution < -0.4 is 16.2 Å². The third-order valence-corrected chi connectivity index (χ3v) is 5.41. The van der Waals surface area contributed by atoms with Gasteiger partial charge in [-0.3, -0.25) is 19.5 Å². The standard InChI is InChI=1S/C22H24N4O3S/c1-4-23-21(29)25-19(27)13-30-22-24-17-11-7-5-10-16(17)20(28)26(22)18-12-8-6-9-15(18)14(2)3/h5-12,14H,4,13H2,1-3H3,(H2,23,25,27,29). The van der Waals surface area contributed by atoms with Gasteiger partial charge in [0.05, 0.1) is 22.3 Å². The van der Waals surface area contributed by atoms with Crippen molar-refractivity contribution in [2.75, 3.05) is 12.3 Å². The van der Waals surface area contributed by atoms with Crippen LogP contribution in [0.5, 0.6) is 0 Å². The van der Waals surface area contributed by atoms with Crippen molar-refractivity contribution >= 4 is 34.6 Å². The number of hydrogen-bond donors (Lipinski definition) is 2. The molecule has 0 aliphatic heterocycles. The topological polar surface area (TPSA) is 93.1 Å². The van der Waals surface area contributed by atoms with Gasteiger partial charge in [-0.1, -0.05) is 55.9 Å². The fourth-order valence-electron chi connectivity index (χ4n) is 3.10. The first kappa shape index (κ1) is 21.6. The zero-order valence-corrected chi connectivity index (χ0v) is 18.0. The molecule has 0 radical (unpaired) electrons. The van der Waals surface area contributed by atoms with Crippen LogP contribution in [0.4, 0.5) is 4.79 Å². The first-order valence-electron chi connectivity index (χ1n) is 9.74. The number of carbonyl (C=O) groups is 2. The highest BCUT2D eigenvalue weighted by Gasteiger charge is 2.18. The highest BCUT2D eigenvalue weighted by molar-refractivity contribution is 7.99. The number of benzene rings is 2. The maximum absolute atomic E-state index is 13.4. The van der Waals surface area contributed by atoms with Crippen molar-refractivity contribution < 1.29 is 9.59 Å². The molecule has 1 aromatic heterocycles. The number of nitrogens with zero attached hydrogens (tertiary/aromatic N) is 2. The quantitative estimate of drug-likeness (QED) is 0.467. The van der Waals surface area contributed by atoms with Crippen LogP contribution in [0.25, 0.3) is 16.6 Å². The zero-order valence-electron chi connectivity index (χ0n) is 17.1. The van der Waals surface area contributed by atoms with Gasteiger partial charge < -0.3 is 5.32 Å². The van der Waals surface area contributed by atoms with Crippen LogP contribution in [0.1, 0.15) is 32.3 Å². The molecule has 3 amide bonds. The number of urea groups is 1. The number of fused-ring (bicyclic) bond motifs is 1. The van der Waals surface area contributed by atoms with Crippen molar-refractivity contribution in [1.82, 2.24) is 20.2 Å². The summed E-state index contributed by atoms with van der Waals surface area (Å²) in [5.41, 5.74) is 2.11. The summed E-state index contributed by atoms with van der Waals surface area (Å²) in [5, 5.41) is 5.69. The summed E-state index contributed by atoms with van der Waals surface area (Å²) >= 11 is 1.12. The normalized spacial score (nSPS) is 10.9. The van der Waals surface area contributed by atoms with E-state index in [1.54, 1.807) is 29.7 Å². The fourth-order valence-corrected chi connectivity index (χ4v) is 3.90. The third kappa shape index (κ3) is 4.71. The molecule has 8 heteroatoms. The Morgan fingerprint density at radius 2 is 1.80 bits per heavy atom. The van der Waals surface area contributed by atoms with E-state index in [1.807, 2.05) is 30.3 Å². The molecule has 0 saturated heterocycles. The van der Waals surface area contributed by atoms with Gasteiger partial charge in [0, 0.05) is 6.54 Å². The maximum Gasteiger partial charge on any atom is 0.321 e. The first-order chi connectivity index (χ1) is 14.4. The molecule has 0 bridgehead atoms. The molecule has 156 valence electrons. The summed E-state index contributed by atoms with van der Waals surface area (Å²) in [5.74, 6) is -0.318. The lowest BCUT2D eigenvalue weighted by atomic mass is 10.0. The van der Waals surface area contributed by atoms with Crippen LogP contribution in [-0.2, 0) is 4.79 Å². The van der Waals surface area contributed by atoms with Crippen molar-refractivity contribution in [3.05, 3.63) is 64.4 Å². The van der Waals surface area contributed by atoms with Gasteiger partial charge in [-0.25, -0.2) is 9.78 Å². The summed E-state index contributed by atoms with van der Waals surface area (Å²) < 4.78 is 1.56. The number of imide groups is 1. The first-order valence-corrected chi connectivity index (χ1v) is 10.7. The fraction of sp³-hybridized carbons (Fsp3) is 0.273. The second-order valence-electron chi connectivity index (χ2n) is 6.96. The van der Waals surface area contributed by atoms with Crippen molar-refractivity contribution in [3.8, 4) is 5.69 Å². The van der Waals surface area contributed by atoms with Gasteiger partial charge >= 0.3 is 6.03 Å². The Bertz CT molecular complexity index is 1140. The van der Waals surface area contributed by atoms with Crippen molar-refractivity contribution in [1.29, 1.82) is 0 Å². The minimum atomic E-state index is -0.544. The third-order valence-electron chi connectivity index (χ3n) is 4.47. The smallest absolute Gasteiger partial charge is 0.321 e. The molecule has 0 spiro atoms. The molecule has 0 aliphatic rings. The second kappa shape index (κ2) is 9.58. The van der Waals surface area contributed by atoms with E-state index in [0.29, 0.717) is 22.6 Å². The maximum atomic E-state index is 13.4. The lowest BCUT2D eigenvalue weighted by molar-refractivity contribution is -0.117. The lowest BCUT2D eigenvalue weighted by Gasteiger charge is -2.18. The van der Waals surface area contributed by atoms with E-state index < -0.39 is 11.9 Å². The molecular weight excluding hydrogens is 400 g/mol. The van der Waals surface area contributed by atoms with E-state index in [2.05, 4.69) is 29.5 Å². The van der Waals surface area contributed by atoms with Crippen molar-refractivity contribution in [2.45, 2.75) is 31.8 Å². The summed E-state index contributed by atoms with van der Waals surface area (Å²) in [7, 11) is 0. The van der Waals surface area contributed by atoms with Gasteiger partial charge in [0.2, 0.25) is 5.91 Å². The summed E-state index contributed by atoms with van der Waals surface area (Å²) in [6.45, 7) is 6.31. The van der Waals surface area contributed by atoms with Gasteiger partial charge in [0.25, 0.3) is 5.56 Å². The average Bonchev–Trinajstić information content (AvgIpc) is 2.72. The molecule has 0 aliphatic carbocycles. The number of amides is 3. The Hall–Kier alpha value is -3.13. The molecule has 30 heavy (non-hydrogen) atoms. The summed E-state index contributed by atoms with van der Waals surface area (Å²) in [4.78, 5) is 41.8. The summed E-state index contributed by atoms with van der Waals surface area (Å²) in [6.07, 6.45) is 0. The van der Waals surface area contributed by atoms with Gasteiger partial charge in [-0.15, -0.1) is 0 Å². The molecular formula is C22H24N4O3S. The van der Waals surface area contributed by atoms with Crippen LogP contribution >= 0.6 is 11.8 Å². The Morgan fingerprint density at radius 3 is 2.53 bits per heavy atom. The number of aromatic nitrogens is 2. The SMILES string of the molecule is CCNC(=O)NC(=O)CSc1nc2ccccc2c(=O)n1-c1ccccc1C(C)C. The van der Waals surface area contributed by atoms with E-state index in [-0.39, 0.29) is 17.2 Å². The number of para-hydroxylation sites is 2. The number of hydrogen-bond acceptors (Lipinski definition) is 5. The molecule has 7 nitrogen and oxygen atoms in total. The zero-order chi connectivity index (χ0) is 21.7. The molecule has 0 unspecified atom stereocenters. The minimum Gasteiger partial charge on any atom is -0.338 e. The van der Waals surface area contributed by atoms with Gasteiger partial charge in [0.1, 0.15) is 0 Å². The van der Waals surface area contributed by atoms with Crippen molar-refractivity contribution in [3.63, 3.8) is 0 Å². The average molecular weight is 425 g/mol. The van der Waals surface area contributed by atoms with E-state index in [0.717, 1.165) is 23.0 Å². The number of rotatable bonds is 6.